The lowest BCUT2D eigenvalue weighted by Gasteiger charge is -2.11. The third-order valence-electron chi connectivity index (χ3n) is 2.76. The van der Waals surface area contributed by atoms with E-state index in [9.17, 15) is 4.79 Å². The predicted molar refractivity (Wildman–Crippen MR) is 90.6 cm³/mol. The van der Waals surface area contributed by atoms with Crippen molar-refractivity contribution in [1.29, 1.82) is 0 Å². The summed E-state index contributed by atoms with van der Waals surface area (Å²) in [6.45, 7) is 2.91. The van der Waals surface area contributed by atoms with Gasteiger partial charge in [0.05, 0.1) is 17.2 Å². The summed E-state index contributed by atoms with van der Waals surface area (Å²) in [6, 6.07) is 7.24. The van der Waals surface area contributed by atoms with Crippen molar-refractivity contribution in [3.8, 4) is 0 Å². The first kappa shape index (κ1) is 15.7. The Labute approximate surface area is 136 Å². The Morgan fingerprint density at radius 2 is 2.29 bits per heavy atom. The summed E-state index contributed by atoms with van der Waals surface area (Å²) in [4.78, 5) is 11.3. The number of anilines is 1. The average Bonchev–Trinajstić information content (AvgIpc) is 2.84. The molecule has 21 heavy (non-hydrogen) atoms. The van der Waals surface area contributed by atoms with Gasteiger partial charge in [0, 0.05) is 24.0 Å². The Balaban J connectivity index is 1.81. The van der Waals surface area contributed by atoms with Crippen LogP contribution in [-0.2, 0) is 6.54 Å². The smallest absolute Gasteiger partial charge is 0.170 e. The Bertz CT molecular complexity index is 656. The predicted octanol–water partition coefficient (Wildman–Crippen LogP) is 2.83. The van der Waals surface area contributed by atoms with Crippen molar-refractivity contribution in [2.45, 2.75) is 13.5 Å². The molecule has 5 nitrogen and oxygen atoms in total. The van der Waals surface area contributed by atoms with Crippen LogP contribution < -0.4 is 10.6 Å². The second-order valence-corrected chi connectivity index (χ2v) is 5.76. The van der Waals surface area contributed by atoms with Crippen molar-refractivity contribution in [2.24, 2.45) is 0 Å². The molecule has 1 aromatic heterocycles. The molecular weight excluding hydrogens is 352 g/mol. The van der Waals surface area contributed by atoms with Gasteiger partial charge in [-0.05, 0) is 47.2 Å². The first-order valence-electron chi connectivity index (χ1n) is 6.38. The maximum Gasteiger partial charge on any atom is 0.170 e. The quantitative estimate of drug-likeness (QED) is 0.629. The number of aromatic nitrogens is 2. The second-order valence-electron chi connectivity index (χ2n) is 4.44. The average molecular weight is 367 g/mol. The van der Waals surface area contributed by atoms with Gasteiger partial charge in [0.15, 0.2) is 10.9 Å². The Morgan fingerprint density at radius 3 is 2.95 bits per heavy atom. The van der Waals surface area contributed by atoms with E-state index >= 15 is 0 Å². The van der Waals surface area contributed by atoms with E-state index in [4.69, 9.17) is 12.2 Å². The zero-order valence-electron chi connectivity index (χ0n) is 11.5. The highest BCUT2D eigenvalue weighted by atomic mass is 79.9. The highest BCUT2D eigenvalue weighted by molar-refractivity contribution is 9.10. The molecule has 2 aromatic rings. The van der Waals surface area contributed by atoms with Gasteiger partial charge < -0.3 is 10.6 Å². The first-order chi connectivity index (χ1) is 10.0. The number of hydrogen-bond donors (Lipinski definition) is 2. The Kier molecular flexibility index (Phi) is 5.46. The molecule has 1 aromatic carbocycles. The van der Waals surface area contributed by atoms with Crippen LogP contribution in [0.25, 0.3) is 0 Å². The number of benzene rings is 1. The topological polar surface area (TPSA) is 59.0 Å². The lowest BCUT2D eigenvalue weighted by molar-refractivity contribution is 0.101. The maximum absolute atomic E-state index is 11.3. The van der Waals surface area contributed by atoms with Crippen LogP contribution in [0.2, 0.25) is 0 Å². The summed E-state index contributed by atoms with van der Waals surface area (Å²) in [5, 5.41) is 10.8. The van der Waals surface area contributed by atoms with Gasteiger partial charge in [0.1, 0.15) is 0 Å². The van der Waals surface area contributed by atoms with E-state index in [1.54, 1.807) is 18.3 Å². The van der Waals surface area contributed by atoms with Gasteiger partial charge in [0.2, 0.25) is 0 Å². The molecule has 0 atom stereocenters. The lowest BCUT2D eigenvalue weighted by atomic mass is 10.1. The van der Waals surface area contributed by atoms with Crippen molar-refractivity contribution < 1.29 is 4.79 Å². The molecule has 2 rings (SSSR count). The van der Waals surface area contributed by atoms with Crippen LogP contribution in [0.4, 0.5) is 5.69 Å². The first-order valence-corrected chi connectivity index (χ1v) is 7.58. The third-order valence-corrected chi connectivity index (χ3v) is 3.41. The molecule has 0 aliphatic carbocycles. The molecule has 0 amide bonds. The maximum atomic E-state index is 11.3. The number of rotatable bonds is 5. The molecule has 110 valence electrons. The number of nitrogens with zero attached hydrogens (tertiary/aromatic N) is 2. The van der Waals surface area contributed by atoms with Crippen LogP contribution in [0, 0.1) is 0 Å². The number of thiocarbonyl (C=S) groups is 1. The number of carbonyl (C=O) groups is 1. The van der Waals surface area contributed by atoms with Gasteiger partial charge in [-0.3, -0.25) is 9.48 Å². The summed E-state index contributed by atoms with van der Waals surface area (Å²) < 4.78 is 2.76. The van der Waals surface area contributed by atoms with Gasteiger partial charge >= 0.3 is 0 Å². The van der Waals surface area contributed by atoms with Crippen molar-refractivity contribution in [3.63, 3.8) is 0 Å². The number of carbonyl (C=O) groups excluding carboxylic acids is 1. The summed E-state index contributed by atoms with van der Waals surface area (Å²) in [5.74, 6) is 0.0294. The molecule has 7 heteroatoms. The summed E-state index contributed by atoms with van der Waals surface area (Å²) in [5.41, 5.74) is 1.45. The molecule has 2 N–H and O–H groups in total. The summed E-state index contributed by atoms with van der Waals surface area (Å²) >= 11 is 8.57. The second kappa shape index (κ2) is 7.33. The molecule has 0 aliphatic heterocycles. The number of hydrogen-bond acceptors (Lipinski definition) is 3. The highest BCUT2D eigenvalue weighted by Crippen LogP contribution is 2.11. The Morgan fingerprint density at radius 1 is 1.48 bits per heavy atom. The molecule has 0 fully saturated rings. The van der Waals surface area contributed by atoms with E-state index < -0.39 is 0 Å². The minimum atomic E-state index is 0.0294. The minimum Gasteiger partial charge on any atom is -0.361 e. The summed E-state index contributed by atoms with van der Waals surface area (Å²) in [7, 11) is 0. The fourth-order valence-electron chi connectivity index (χ4n) is 1.74. The van der Waals surface area contributed by atoms with E-state index in [-0.39, 0.29) is 5.78 Å². The molecule has 0 unspecified atom stereocenters. The zero-order valence-corrected chi connectivity index (χ0v) is 13.9. The van der Waals surface area contributed by atoms with Crippen molar-refractivity contribution in [3.05, 3.63) is 46.7 Å². The molecule has 0 aliphatic rings. The number of ketones is 1. The van der Waals surface area contributed by atoms with Gasteiger partial charge in [-0.1, -0.05) is 12.1 Å². The fourth-order valence-corrected chi connectivity index (χ4v) is 2.28. The fraction of sp³-hybridized carbons (Fsp3) is 0.214. The van der Waals surface area contributed by atoms with Crippen LogP contribution >= 0.6 is 28.1 Å². The van der Waals surface area contributed by atoms with Gasteiger partial charge in [0.25, 0.3) is 0 Å². The molecular formula is C14H15BrN4OS. The normalized spacial score (nSPS) is 10.2. The summed E-state index contributed by atoms with van der Waals surface area (Å²) in [6.07, 6.45) is 3.64. The van der Waals surface area contributed by atoms with Gasteiger partial charge in [-0.2, -0.15) is 5.10 Å². The standard InChI is InChI=1S/C14H15BrN4OS/c1-10(20)11-3-2-4-13(7-11)18-14(21)16-5-6-19-9-12(15)8-17-19/h2-4,7-9H,5-6H2,1H3,(H2,16,18,21). The van der Waals surface area contributed by atoms with E-state index in [1.807, 2.05) is 23.0 Å². The van der Waals surface area contributed by atoms with E-state index in [0.717, 1.165) is 10.2 Å². The van der Waals surface area contributed by atoms with Gasteiger partial charge in [-0.25, -0.2) is 0 Å². The van der Waals surface area contributed by atoms with Crippen LogP contribution in [0.3, 0.4) is 0 Å². The largest absolute Gasteiger partial charge is 0.361 e. The van der Waals surface area contributed by atoms with Crippen molar-refractivity contribution >= 4 is 44.7 Å². The third kappa shape index (κ3) is 4.95. The molecule has 0 saturated carbocycles. The number of Topliss-reactive ketones (excluding diaryl/α,β-unsaturated/α-hetero) is 1. The monoisotopic (exact) mass is 366 g/mol. The Hall–Kier alpha value is -1.73. The van der Waals surface area contributed by atoms with Crippen LogP contribution in [0.5, 0.6) is 0 Å². The molecule has 0 bridgehead atoms. The molecule has 1 heterocycles. The van der Waals surface area contributed by atoms with Crippen LogP contribution in [0.1, 0.15) is 17.3 Å². The SMILES string of the molecule is CC(=O)c1cccc(NC(=S)NCCn2cc(Br)cn2)c1. The van der Waals surface area contributed by atoms with Crippen LogP contribution in [0.15, 0.2) is 41.1 Å². The zero-order chi connectivity index (χ0) is 15.2. The molecule has 0 saturated heterocycles. The van der Waals surface area contributed by atoms with Crippen molar-refractivity contribution in [1.82, 2.24) is 15.1 Å². The lowest BCUT2D eigenvalue weighted by Crippen LogP contribution is -2.31. The minimum absolute atomic E-state index is 0.0294. The van der Waals surface area contributed by atoms with Crippen molar-refractivity contribution in [2.75, 3.05) is 11.9 Å². The number of halogens is 1. The van der Waals surface area contributed by atoms with E-state index in [0.29, 0.717) is 23.8 Å². The molecule has 0 spiro atoms. The number of nitrogens with one attached hydrogen (secondary N) is 2. The van der Waals surface area contributed by atoms with E-state index in [1.165, 1.54) is 6.92 Å². The highest BCUT2D eigenvalue weighted by Gasteiger charge is 2.02. The van der Waals surface area contributed by atoms with Crippen LogP contribution in [-0.4, -0.2) is 27.2 Å². The van der Waals surface area contributed by atoms with E-state index in [2.05, 4.69) is 31.7 Å². The van der Waals surface area contributed by atoms with Gasteiger partial charge in [-0.15, -0.1) is 0 Å². The molecule has 0 radical (unpaired) electrons.